The normalized spacial score (nSPS) is 15.1. The van der Waals surface area contributed by atoms with E-state index < -0.39 is 11.7 Å². The molecule has 178 valence electrons. The van der Waals surface area contributed by atoms with Gasteiger partial charge in [-0.2, -0.15) is 0 Å². The number of nitrogens with one attached hydrogen (secondary N) is 2. The van der Waals surface area contributed by atoms with Gasteiger partial charge in [-0.15, -0.1) is 10.2 Å². The summed E-state index contributed by atoms with van der Waals surface area (Å²) < 4.78 is 18.3. The molecule has 1 aromatic carbocycles. The van der Waals surface area contributed by atoms with Gasteiger partial charge >= 0.3 is 0 Å². The van der Waals surface area contributed by atoms with Crippen LogP contribution in [0.5, 0.6) is 0 Å². The Labute approximate surface area is 199 Å². The van der Waals surface area contributed by atoms with E-state index in [-0.39, 0.29) is 33.8 Å². The molecule has 1 saturated heterocycles. The van der Waals surface area contributed by atoms with Crippen LogP contribution >= 0.6 is 11.3 Å². The average Bonchev–Trinajstić information content (AvgIpc) is 3.52. The molecular formula is C23H24FN5O4S. The molecule has 2 N–H and O–H groups in total. The molecule has 9 nitrogen and oxygen atoms in total. The number of rotatable bonds is 7. The van der Waals surface area contributed by atoms with Crippen molar-refractivity contribution in [3.05, 3.63) is 64.3 Å². The molecular weight excluding hydrogens is 461 g/mol. The quantitative estimate of drug-likeness (QED) is 0.531. The zero-order valence-electron chi connectivity index (χ0n) is 18.5. The molecule has 3 amide bonds. The van der Waals surface area contributed by atoms with E-state index in [4.69, 9.17) is 4.42 Å². The third-order valence-electron chi connectivity index (χ3n) is 5.53. The number of hydrogen-bond acceptors (Lipinski definition) is 7. The van der Waals surface area contributed by atoms with Crippen LogP contribution in [-0.2, 0) is 11.2 Å². The maximum absolute atomic E-state index is 13.0. The van der Waals surface area contributed by atoms with Gasteiger partial charge in [0.1, 0.15) is 11.6 Å². The zero-order valence-corrected chi connectivity index (χ0v) is 19.3. The monoisotopic (exact) mass is 485 g/mol. The van der Waals surface area contributed by atoms with Crippen LogP contribution in [0.15, 0.2) is 47.1 Å². The molecule has 3 aromatic rings. The first-order chi connectivity index (χ1) is 16.4. The summed E-state index contributed by atoms with van der Waals surface area (Å²) in [4.78, 5) is 39.4. The van der Waals surface area contributed by atoms with Crippen molar-refractivity contribution in [1.29, 1.82) is 0 Å². The van der Waals surface area contributed by atoms with Gasteiger partial charge in [0.15, 0.2) is 0 Å². The van der Waals surface area contributed by atoms with Gasteiger partial charge in [0.25, 0.3) is 11.8 Å². The number of hydrogen-bond donors (Lipinski definition) is 2. The van der Waals surface area contributed by atoms with Gasteiger partial charge in [-0.3, -0.25) is 14.4 Å². The van der Waals surface area contributed by atoms with Crippen molar-refractivity contribution in [2.45, 2.75) is 32.2 Å². The fourth-order valence-corrected chi connectivity index (χ4v) is 4.45. The number of nitrogens with zero attached hydrogens (tertiary/aromatic N) is 3. The van der Waals surface area contributed by atoms with Crippen molar-refractivity contribution in [2.75, 3.05) is 18.4 Å². The number of carbonyl (C=O) groups excluding carboxylic acids is 3. The Bertz CT molecular complexity index is 1140. The molecule has 4 rings (SSSR count). The van der Waals surface area contributed by atoms with Gasteiger partial charge in [0.05, 0.1) is 6.26 Å². The Morgan fingerprint density at radius 3 is 2.53 bits per heavy atom. The SMILES string of the molecule is C[C@H](Cc1ccco1)NC(=O)C1CCN(C(=O)c2nnc(C(=O)Nc3ccc(F)cc3)s2)CC1. The summed E-state index contributed by atoms with van der Waals surface area (Å²) in [5, 5.41) is 13.4. The van der Waals surface area contributed by atoms with E-state index in [1.54, 1.807) is 11.2 Å². The van der Waals surface area contributed by atoms with E-state index in [0.717, 1.165) is 17.1 Å². The Morgan fingerprint density at radius 2 is 1.85 bits per heavy atom. The third kappa shape index (κ3) is 5.84. The highest BCUT2D eigenvalue weighted by atomic mass is 32.1. The standard InChI is InChI=1S/C23H24FN5O4S/c1-14(13-18-3-2-12-33-18)25-19(30)15-8-10-29(11-9-15)23(32)22-28-27-21(34-22)20(31)26-17-6-4-16(24)5-7-17/h2-7,12,14-15H,8-11,13H2,1H3,(H,25,30)(H,26,31)/t14-/m1/s1. The molecule has 0 aliphatic carbocycles. The molecule has 3 heterocycles. The number of piperidine rings is 1. The lowest BCUT2D eigenvalue weighted by Gasteiger charge is -2.31. The molecule has 0 bridgehead atoms. The summed E-state index contributed by atoms with van der Waals surface area (Å²) in [6.07, 6.45) is 3.31. The fourth-order valence-electron chi connectivity index (χ4n) is 3.74. The van der Waals surface area contributed by atoms with Gasteiger partial charge in [-0.1, -0.05) is 11.3 Å². The van der Waals surface area contributed by atoms with E-state index in [1.165, 1.54) is 24.3 Å². The summed E-state index contributed by atoms with van der Waals surface area (Å²) in [5.74, 6) is -0.635. The number of aromatic nitrogens is 2. The summed E-state index contributed by atoms with van der Waals surface area (Å²) in [6.45, 7) is 2.76. The van der Waals surface area contributed by atoms with Crippen LogP contribution < -0.4 is 10.6 Å². The number of carbonyl (C=O) groups is 3. The molecule has 0 spiro atoms. The molecule has 1 aliphatic heterocycles. The number of anilines is 1. The van der Waals surface area contributed by atoms with Crippen LogP contribution in [0.1, 0.15) is 45.1 Å². The van der Waals surface area contributed by atoms with E-state index in [2.05, 4.69) is 20.8 Å². The van der Waals surface area contributed by atoms with Gasteiger partial charge in [-0.25, -0.2) is 4.39 Å². The van der Waals surface area contributed by atoms with Gasteiger partial charge in [-0.05, 0) is 56.2 Å². The molecule has 0 saturated carbocycles. The van der Waals surface area contributed by atoms with Crippen molar-refractivity contribution in [2.24, 2.45) is 5.92 Å². The number of likely N-dealkylation sites (tertiary alicyclic amines) is 1. The second-order valence-electron chi connectivity index (χ2n) is 8.13. The number of amides is 3. The lowest BCUT2D eigenvalue weighted by atomic mass is 9.95. The van der Waals surface area contributed by atoms with E-state index in [0.29, 0.717) is 38.0 Å². The number of furan rings is 1. The van der Waals surface area contributed by atoms with Gasteiger partial charge < -0.3 is 20.0 Å². The highest BCUT2D eigenvalue weighted by Gasteiger charge is 2.30. The second-order valence-corrected chi connectivity index (χ2v) is 9.11. The zero-order chi connectivity index (χ0) is 24.1. The predicted molar refractivity (Wildman–Crippen MR) is 123 cm³/mol. The molecule has 1 atom stereocenters. The molecule has 34 heavy (non-hydrogen) atoms. The Kier molecular flexibility index (Phi) is 7.31. The third-order valence-corrected chi connectivity index (χ3v) is 6.44. The first kappa shape index (κ1) is 23.6. The highest BCUT2D eigenvalue weighted by molar-refractivity contribution is 7.15. The lowest BCUT2D eigenvalue weighted by molar-refractivity contribution is -0.126. The number of benzene rings is 1. The fraction of sp³-hybridized carbons (Fsp3) is 0.348. The van der Waals surface area contributed by atoms with E-state index in [9.17, 15) is 18.8 Å². The largest absolute Gasteiger partial charge is 0.469 e. The molecule has 0 unspecified atom stereocenters. The molecule has 1 fully saturated rings. The highest BCUT2D eigenvalue weighted by Crippen LogP contribution is 2.21. The summed E-state index contributed by atoms with van der Waals surface area (Å²) in [6, 6.07) is 8.95. The minimum Gasteiger partial charge on any atom is -0.469 e. The first-order valence-electron chi connectivity index (χ1n) is 10.9. The predicted octanol–water partition coefficient (Wildman–Crippen LogP) is 3.12. The minimum absolute atomic E-state index is 0.0261. The maximum atomic E-state index is 13.0. The van der Waals surface area contributed by atoms with Crippen LogP contribution in [0.3, 0.4) is 0 Å². The molecule has 11 heteroatoms. The van der Waals surface area contributed by atoms with Crippen molar-refractivity contribution in [1.82, 2.24) is 20.4 Å². The Hall–Kier alpha value is -3.60. The number of halogens is 1. The van der Waals surface area contributed by atoms with Crippen LogP contribution in [-0.4, -0.2) is 52.0 Å². The molecule has 1 aliphatic rings. The van der Waals surface area contributed by atoms with Crippen molar-refractivity contribution in [3.8, 4) is 0 Å². The second kappa shape index (κ2) is 10.6. The van der Waals surface area contributed by atoms with E-state index in [1.807, 2.05) is 19.1 Å². The van der Waals surface area contributed by atoms with Gasteiger partial charge in [0.2, 0.25) is 15.9 Å². The summed E-state index contributed by atoms with van der Waals surface area (Å²) in [5.41, 5.74) is 0.410. The van der Waals surface area contributed by atoms with Crippen LogP contribution in [0.25, 0.3) is 0 Å². The Morgan fingerprint density at radius 1 is 1.15 bits per heavy atom. The van der Waals surface area contributed by atoms with Crippen LogP contribution in [0, 0.1) is 11.7 Å². The maximum Gasteiger partial charge on any atom is 0.286 e. The van der Waals surface area contributed by atoms with Crippen molar-refractivity contribution < 1.29 is 23.2 Å². The summed E-state index contributed by atoms with van der Waals surface area (Å²) in [7, 11) is 0. The van der Waals surface area contributed by atoms with Crippen molar-refractivity contribution >= 4 is 34.7 Å². The first-order valence-corrected chi connectivity index (χ1v) is 11.7. The van der Waals surface area contributed by atoms with Crippen LogP contribution in [0.2, 0.25) is 0 Å². The lowest BCUT2D eigenvalue weighted by Crippen LogP contribution is -2.45. The minimum atomic E-state index is -0.526. The molecule has 0 radical (unpaired) electrons. The Balaban J connectivity index is 1.26. The topological polar surface area (TPSA) is 117 Å². The van der Waals surface area contributed by atoms with E-state index >= 15 is 0 Å². The summed E-state index contributed by atoms with van der Waals surface area (Å²) >= 11 is 0.895. The molecule has 2 aromatic heterocycles. The smallest absolute Gasteiger partial charge is 0.286 e. The van der Waals surface area contributed by atoms with Gasteiger partial charge in [0, 0.05) is 37.2 Å². The average molecular weight is 486 g/mol. The van der Waals surface area contributed by atoms with Crippen molar-refractivity contribution in [3.63, 3.8) is 0 Å². The van der Waals surface area contributed by atoms with Crippen LogP contribution in [0.4, 0.5) is 10.1 Å².